The van der Waals surface area contributed by atoms with Gasteiger partial charge < -0.3 is 15.2 Å². The highest BCUT2D eigenvalue weighted by atomic mass is 16.5. The van der Waals surface area contributed by atoms with E-state index in [0.29, 0.717) is 37.3 Å². The van der Waals surface area contributed by atoms with Crippen LogP contribution in [0.25, 0.3) is 0 Å². The number of nitrogens with one attached hydrogen (secondary N) is 1. The molecule has 19 heavy (non-hydrogen) atoms. The van der Waals surface area contributed by atoms with Gasteiger partial charge in [-0.15, -0.1) is 0 Å². The molecule has 0 unspecified atom stereocenters. The first-order chi connectivity index (χ1) is 9.11. The first-order valence-electron chi connectivity index (χ1n) is 6.30. The van der Waals surface area contributed by atoms with E-state index in [2.05, 4.69) is 5.32 Å². The summed E-state index contributed by atoms with van der Waals surface area (Å²) in [6.45, 7) is 3.16. The quantitative estimate of drug-likeness (QED) is 0.705. The van der Waals surface area contributed by atoms with Gasteiger partial charge >= 0.3 is 5.97 Å². The number of hydrogen-bond acceptors (Lipinski definition) is 3. The van der Waals surface area contributed by atoms with Crippen LogP contribution in [0.1, 0.15) is 25.3 Å². The van der Waals surface area contributed by atoms with Gasteiger partial charge in [0.25, 0.3) is 0 Å². The lowest BCUT2D eigenvalue weighted by molar-refractivity contribution is -0.136. The molecule has 0 fully saturated rings. The molecule has 0 saturated heterocycles. The van der Waals surface area contributed by atoms with E-state index in [-0.39, 0.29) is 12.3 Å². The van der Waals surface area contributed by atoms with Gasteiger partial charge in [0, 0.05) is 25.3 Å². The normalized spacial score (nSPS) is 10.2. The fourth-order valence-electron chi connectivity index (χ4n) is 1.58. The zero-order chi connectivity index (χ0) is 14.1. The van der Waals surface area contributed by atoms with E-state index in [9.17, 15) is 9.59 Å². The van der Waals surface area contributed by atoms with Crippen LogP contribution in [0.4, 0.5) is 5.69 Å². The third-order valence-corrected chi connectivity index (χ3v) is 2.49. The van der Waals surface area contributed by atoms with Crippen molar-refractivity contribution in [1.82, 2.24) is 0 Å². The van der Waals surface area contributed by atoms with Crippen LogP contribution < -0.4 is 5.32 Å². The molecule has 0 spiro atoms. The molecule has 0 bridgehead atoms. The summed E-state index contributed by atoms with van der Waals surface area (Å²) in [6, 6.07) is 6.81. The van der Waals surface area contributed by atoms with Crippen LogP contribution in [0, 0.1) is 0 Å². The molecule has 1 aromatic carbocycles. The zero-order valence-corrected chi connectivity index (χ0v) is 11.0. The monoisotopic (exact) mass is 265 g/mol. The predicted molar refractivity (Wildman–Crippen MR) is 72.1 cm³/mol. The van der Waals surface area contributed by atoms with E-state index in [0.717, 1.165) is 0 Å². The van der Waals surface area contributed by atoms with Crippen LogP contribution in [0.2, 0.25) is 0 Å². The zero-order valence-electron chi connectivity index (χ0n) is 11.0. The second kappa shape index (κ2) is 8.26. The third-order valence-electron chi connectivity index (χ3n) is 2.49. The molecular formula is C14H19NO4. The number of aliphatic carboxylic acids is 1. The minimum absolute atomic E-state index is 0.0113. The van der Waals surface area contributed by atoms with Gasteiger partial charge in [0.1, 0.15) is 0 Å². The van der Waals surface area contributed by atoms with Crippen molar-refractivity contribution >= 4 is 17.6 Å². The Morgan fingerprint density at radius 1 is 1.26 bits per heavy atom. The molecule has 0 aliphatic carbocycles. The summed E-state index contributed by atoms with van der Waals surface area (Å²) < 4.78 is 5.15. The van der Waals surface area contributed by atoms with Gasteiger partial charge in [0.2, 0.25) is 5.91 Å². The molecule has 0 heterocycles. The third kappa shape index (κ3) is 6.57. The maximum atomic E-state index is 11.6. The number of benzene rings is 1. The van der Waals surface area contributed by atoms with Gasteiger partial charge in [-0.05, 0) is 31.0 Å². The van der Waals surface area contributed by atoms with Crippen molar-refractivity contribution in [2.24, 2.45) is 0 Å². The van der Waals surface area contributed by atoms with E-state index in [4.69, 9.17) is 9.84 Å². The number of carboxylic acids is 1. The molecule has 0 aromatic heterocycles. The van der Waals surface area contributed by atoms with E-state index in [1.54, 1.807) is 24.3 Å². The maximum Gasteiger partial charge on any atom is 0.307 e. The van der Waals surface area contributed by atoms with Crippen LogP contribution in [-0.2, 0) is 20.7 Å². The summed E-state index contributed by atoms with van der Waals surface area (Å²) in [4.78, 5) is 22.1. The number of hydrogen-bond donors (Lipinski definition) is 2. The van der Waals surface area contributed by atoms with Crippen molar-refractivity contribution < 1.29 is 19.4 Å². The molecule has 0 radical (unpaired) electrons. The average molecular weight is 265 g/mol. The van der Waals surface area contributed by atoms with E-state index in [1.165, 1.54) is 0 Å². The van der Waals surface area contributed by atoms with Crippen LogP contribution in [0.5, 0.6) is 0 Å². The van der Waals surface area contributed by atoms with Crippen molar-refractivity contribution in [1.29, 1.82) is 0 Å². The van der Waals surface area contributed by atoms with Crippen molar-refractivity contribution in [2.45, 2.75) is 26.2 Å². The van der Waals surface area contributed by atoms with Crippen molar-refractivity contribution in [3.8, 4) is 0 Å². The van der Waals surface area contributed by atoms with Gasteiger partial charge in [0.05, 0.1) is 6.42 Å². The molecule has 2 N–H and O–H groups in total. The number of carbonyl (C=O) groups is 2. The molecule has 104 valence electrons. The number of amides is 1. The van der Waals surface area contributed by atoms with E-state index < -0.39 is 5.97 Å². The lowest BCUT2D eigenvalue weighted by Crippen LogP contribution is -2.12. The summed E-state index contributed by atoms with van der Waals surface area (Å²) in [5, 5.41) is 11.4. The van der Waals surface area contributed by atoms with Crippen LogP contribution in [0.3, 0.4) is 0 Å². The number of carboxylic acid groups (broad SMARTS) is 1. The summed E-state index contributed by atoms with van der Waals surface area (Å²) in [6.07, 6.45) is 1.09. The number of ether oxygens (including phenoxy) is 1. The Kier molecular flexibility index (Phi) is 6.60. The van der Waals surface area contributed by atoms with Gasteiger partial charge in [-0.1, -0.05) is 12.1 Å². The van der Waals surface area contributed by atoms with Crippen molar-refractivity contribution in [3.05, 3.63) is 29.8 Å². The standard InChI is InChI=1S/C14H19NO4/c1-2-19-9-3-4-13(16)15-12-7-5-11(6-8-12)10-14(17)18/h5-8H,2-4,9-10H2,1H3,(H,15,16)(H,17,18). The van der Waals surface area contributed by atoms with E-state index >= 15 is 0 Å². The summed E-state index contributed by atoms with van der Waals surface area (Å²) >= 11 is 0. The molecule has 0 atom stereocenters. The molecule has 1 amide bonds. The Hall–Kier alpha value is -1.88. The first kappa shape index (κ1) is 15.2. The Balaban J connectivity index is 2.36. The van der Waals surface area contributed by atoms with Gasteiger partial charge in [-0.2, -0.15) is 0 Å². The lowest BCUT2D eigenvalue weighted by atomic mass is 10.1. The number of rotatable bonds is 8. The molecule has 5 nitrogen and oxygen atoms in total. The van der Waals surface area contributed by atoms with Gasteiger partial charge in [-0.3, -0.25) is 9.59 Å². The smallest absolute Gasteiger partial charge is 0.307 e. The van der Waals surface area contributed by atoms with Gasteiger partial charge in [0.15, 0.2) is 0 Å². The molecule has 5 heteroatoms. The lowest BCUT2D eigenvalue weighted by Gasteiger charge is -2.06. The van der Waals surface area contributed by atoms with Crippen molar-refractivity contribution in [3.63, 3.8) is 0 Å². The second-order valence-electron chi connectivity index (χ2n) is 4.12. The second-order valence-corrected chi connectivity index (χ2v) is 4.12. The Labute approximate surface area is 112 Å². The fraction of sp³-hybridized carbons (Fsp3) is 0.429. The summed E-state index contributed by atoms with van der Waals surface area (Å²) in [5.74, 6) is -0.932. The Morgan fingerprint density at radius 3 is 2.53 bits per heavy atom. The Bertz CT molecular complexity index is 414. The molecular weight excluding hydrogens is 246 g/mol. The molecule has 0 aliphatic heterocycles. The number of carbonyl (C=O) groups excluding carboxylic acids is 1. The molecule has 1 aromatic rings. The minimum atomic E-state index is -0.868. The minimum Gasteiger partial charge on any atom is -0.481 e. The highest BCUT2D eigenvalue weighted by Gasteiger charge is 2.03. The summed E-state index contributed by atoms with van der Waals surface area (Å²) in [7, 11) is 0. The largest absolute Gasteiger partial charge is 0.481 e. The first-order valence-corrected chi connectivity index (χ1v) is 6.30. The van der Waals surface area contributed by atoms with Gasteiger partial charge in [-0.25, -0.2) is 0 Å². The van der Waals surface area contributed by atoms with Crippen LogP contribution in [-0.4, -0.2) is 30.2 Å². The van der Waals surface area contributed by atoms with E-state index in [1.807, 2.05) is 6.92 Å². The van der Waals surface area contributed by atoms with Crippen LogP contribution in [0.15, 0.2) is 24.3 Å². The SMILES string of the molecule is CCOCCCC(=O)Nc1ccc(CC(=O)O)cc1. The fourth-order valence-corrected chi connectivity index (χ4v) is 1.58. The Morgan fingerprint density at radius 2 is 1.95 bits per heavy atom. The highest BCUT2D eigenvalue weighted by Crippen LogP contribution is 2.10. The summed E-state index contributed by atoms with van der Waals surface area (Å²) in [5.41, 5.74) is 1.39. The van der Waals surface area contributed by atoms with Crippen molar-refractivity contribution in [2.75, 3.05) is 18.5 Å². The number of anilines is 1. The average Bonchev–Trinajstić information content (AvgIpc) is 2.36. The molecule has 0 aliphatic rings. The maximum absolute atomic E-state index is 11.6. The molecule has 0 saturated carbocycles. The van der Waals surface area contributed by atoms with Crippen LogP contribution >= 0.6 is 0 Å². The topological polar surface area (TPSA) is 75.6 Å². The predicted octanol–water partition coefficient (Wildman–Crippen LogP) is 2.07. The molecule has 1 rings (SSSR count). The highest BCUT2D eigenvalue weighted by molar-refractivity contribution is 5.90.